The van der Waals surface area contributed by atoms with Gasteiger partial charge in [0.25, 0.3) is 0 Å². The average molecular weight is 239 g/mol. The molecule has 0 unspecified atom stereocenters. The summed E-state index contributed by atoms with van der Waals surface area (Å²) < 4.78 is 13.0. The molecule has 0 amide bonds. The predicted molar refractivity (Wildman–Crippen MR) is 69.3 cm³/mol. The fourth-order valence-electron chi connectivity index (χ4n) is 1.87. The molecule has 2 heterocycles. The van der Waals surface area contributed by atoms with Crippen LogP contribution in [0.4, 0.5) is 10.1 Å². The molecule has 1 aromatic carbocycles. The van der Waals surface area contributed by atoms with Crippen LogP contribution in [0.1, 0.15) is 0 Å². The van der Waals surface area contributed by atoms with Gasteiger partial charge in [-0.05, 0) is 24.3 Å². The topological polar surface area (TPSA) is 51.8 Å². The summed E-state index contributed by atoms with van der Waals surface area (Å²) in [4.78, 5) is 8.28. The molecule has 0 atom stereocenters. The number of nitrogen functional groups attached to an aromatic ring is 1. The first kappa shape index (κ1) is 10.7. The standard InChI is InChI=1S/C14H10FN3/c15-12-2-1-9-3-10(7-18-14(9)5-12)11-4-13(16)8-17-6-11/h1-8H,16H2. The molecule has 3 rings (SSSR count). The maximum absolute atomic E-state index is 13.0. The Bertz CT molecular complexity index is 725. The number of benzene rings is 1. The van der Waals surface area contributed by atoms with Crippen LogP contribution in [0.25, 0.3) is 22.0 Å². The molecule has 0 aliphatic rings. The minimum Gasteiger partial charge on any atom is -0.397 e. The lowest BCUT2D eigenvalue weighted by molar-refractivity contribution is 0.629. The summed E-state index contributed by atoms with van der Waals surface area (Å²) in [6, 6.07) is 8.32. The van der Waals surface area contributed by atoms with Gasteiger partial charge in [0.1, 0.15) is 5.82 Å². The van der Waals surface area contributed by atoms with Crippen molar-refractivity contribution < 1.29 is 4.39 Å². The summed E-state index contributed by atoms with van der Waals surface area (Å²) in [6.45, 7) is 0. The highest BCUT2D eigenvalue weighted by molar-refractivity contribution is 5.83. The number of nitrogens with zero attached hydrogens (tertiary/aromatic N) is 2. The number of aromatic nitrogens is 2. The van der Waals surface area contributed by atoms with E-state index in [1.54, 1.807) is 24.7 Å². The maximum Gasteiger partial charge on any atom is 0.125 e. The number of rotatable bonds is 1. The van der Waals surface area contributed by atoms with Crippen molar-refractivity contribution in [3.63, 3.8) is 0 Å². The Morgan fingerprint density at radius 1 is 0.944 bits per heavy atom. The van der Waals surface area contributed by atoms with Crippen LogP contribution < -0.4 is 5.73 Å². The van der Waals surface area contributed by atoms with Crippen molar-refractivity contribution in [2.24, 2.45) is 0 Å². The predicted octanol–water partition coefficient (Wildman–Crippen LogP) is 3.02. The second-order valence-electron chi connectivity index (χ2n) is 4.07. The summed E-state index contributed by atoms with van der Waals surface area (Å²) in [7, 11) is 0. The third-order valence-electron chi connectivity index (χ3n) is 2.74. The van der Waals surface area contributed by atoms with Gasteiger partial charge in [0, 0.05) is 41.2 Å². The molecule has 0 saturated carbocycles. The molecule has 0 fully saturated rings. The first-order valence-electron chi connectivity index (χ1n) is 5.48. The Kier molecular flexibility index (Phi) is 2.41. The molecule has 0 radical (unpaired) electrons. The SMILES string of the molecule is Nc1cncc(-c2cnc3cc(F)ccc3c2)c1. The van der Waals surface area contributed by atoms with Crippen molar-refractivity contribution in [3.05, 3.63) is 54.7 Å². The number of halogens is 1. The molecule has 0 aliphatic heterocycles. The summed E-state index contributed by atoms with van der Waals surface area (Å²) in [5.41, 5.74) is 8.74. The van der Waals surface area contributed by atoms with Crippen LogP contribution in [0.15, 0.2) is 48.9 Å². The average Bonchev–Trinajstić information content (AvgIpc) is 2.38. The normalized spacial score (nSPS) is 10.7. The van der Waals surface area contributed by atoms with Crippen molar-refractivity contribution in [1.82, 2.24) is 9.97 Å². The summed E-state index contributed by atoms with van der Waals surface area (Å²) >= 11 is 0. The smallest absolute Gasteiger partial charge is 0.125 e. The molecular weight excluding hydrogens is 229 g/mol. The monoisotopic (exact) mass is 239 g/mol. The van der Waals surface area contributed by atoms with Crippen LogP contribution in [0.3, 0.4) is 0 Å². The van der Waals surface area contributed by atoms with Crippen molar-refractivity contribution in [2.45, 2.75) is 0 Å². The molecular formula is C14H10FN3. The molecule has 4 heteroatoms. The van der Waals surface area contributed by atoms with Gasteiger partial charge in [0.15, 0.2) is 0 Å². The number of hydrogen-bond donors (Lipinski definition) is 1. The van der Waals surface area contributed by atoms with E-state index in [0.29, 0.717) is 11.2 Å². The lowest BCUT2D eigenvalue weighted by Crippen LogP contribution is -1.89. The molecule has 18 heavy (non-hydrogen) atoms. The van der Waals surface area contributed by atoms with Gasteiger partial charge >= 0.3 is 0 Å². The van der Waals surface area contributed by atoms with Gasteiger partial charge in [0.2, 0.25) is 0 Å². The van der Waals surface area contributed by atoms with E-state index in [1.165, 1.54) is 12.1 Å². The largest absolute Gasteiger partial charge is 0.397 e. The summed E-state index contributed by atoms with van der Waals surface area (Å²) in [5.74, 6) is -0.284. The Morgan fingerprint density at radius 2 is 1.78 bits per heavy atom. The van der Waals surface area contributed by atoms with Crippen molar-refractivity contribution in [3.8, 4) is 11.1 Å². The third kappa shape index (κ3) is 1.88. The zero-order valence-corrected chi connectivity index (χ0v) is 9.47. The summed E-state index contributed by atoms with van der Waals surface area (Å²) in [5, 5.41) is 0.885. The van der Waals surface area contributed by atoms with Gasteiger partial charge < -0.3 is 5.73 Å². The van der Waals surface area contributed by atoms with E-state index in [4.69, 9.17) is 5.73 Å². The van der Waals surface area contributed by atoms with E-state index in [9.17, 15) is 4.39 Å². The van der Waals surface area contributed by atoms with Gasteiger partial charge in [-0.2, -0.15) is 0 Å². The number of hydrogen-bond acceptors (Lipinski definition) is 3. The highest BCUT2D eigenvalue weighted by atomic mass is 19.1. The Hall–Kier alpha value is -2.49. The van der Waals surface area contributed by atoms with Crippen LogP contribution in [0.2, 0.25) is 0 Å². The van der Waals surface area contributed by atoms with Gasteiger partial charge in [-0.3, -0.25) is 9.97 Å². The second-order valence-corrected chi connectivity index (χ2v) is 4.07. The van der Waals surface area contributed by atoms with Crippen LogP contribution in [-0.2, 0) is 0 Å². The Morgan fingerprint density at radius 3 is 2.61 bits per heavy atom. The number of anilines is 1. The van der Waals surface area contributed by atoms with E-state index in [2.05, 4.69) is 9.97 Å². The minimum atomic E-state index is -0.284. The molecule has 88 valence electrons. The van der Waals surface area contributed by atoms with Crippen LogP contribution in [0, 0.1) is 5.82 Å². The molecule has 2 aromatic heterocycles. The number of fused-ring (bicyclic) bond motifs is 1. The van der Waals surface area contributed by atoms with E-state index < -0.39 is 0 Å². The maximum atomic E-state index is 13.0. The van der Waals surface area contributed by atoms with Crippen LogP contribution in [0.5, 0.6) is 0 Å². The van der Waals surface area contributed by atoms with Gasteiger partial charge in [-0.25, -0.2) is 4.39 Å². The number of nitrogens with two attached hydrogens (primary N) is 1. The molecule has 0 spiro atoms. The van der Waals surface area contributed by atoms with E-state index in [1.807, 2.05) is 12.1 Å². The lowest BCUT2D eigenvalue weighted by Gasteiger charge is -2.04. The highest BCUT2D eigenvalue weighted by Crippen LogP contribution is 2.23. The van der Waals surface area contributed by atoms with Crippen molar-refractivity contribution in [2.75, 3.05) is 5.73 Å². The van der Waals surface area contributed by atoms with E-state index >= 15 is 0 Å². The first-order valence-corrected chi connectivity index (χ1v) is 5.48. The molecule has 3 aromatic rings. The van der Waals surface area contributed by atoms with Gasteiger partial charge in [-0.1, -0.05) is 0 Å². The zero-order valence-electron chi connectivity index (χ0n) is 9.47. The fourth-order valence-corrected chi connectivity index (χ4v) is 1.87. The van der Waals surface area contributed by atoms with Crippen molar-refractivity contribution >= 4 is 16.6 Å². The van der Waals surface area contributed by atoms with Gasteiger partial charge in [-0.15, -0.1) is 0 Å². The summed E-state index contributed by atoms with van der Waals surface area (Å²) in [6.07, 6.45) is 5.01. The van der Waals surface area contributed by atoms with Crippen LogP contribution in [-0.4, -0.2) is 9.97 Å². The van der Waals surface area contributed by atoms with Gasteiger partial charge in [0.05, 0.1) is 11.2 Å². The third-order valence-corrected chi connectivity index (χ3v) is 2.74. The molecule has 3 nitrogen and oxygen atoms in total. The quantitative estimate of drug-likeness (QED) is 0.710. The minimum absolute atomic E-state index is 0.284. The second kappa shape index (κ2) is 4.07. The van der Waals surface area contributed by atoms with E-state index in [-0.39, 0.29) is 5.82 Å². The molecule has 0 aliphatic carbocycles. The first-order chi connectivity index (χ1) is 8.72. The number of pyridine rings is 2. The Balaban J connectivity index is 2.16. The zero-order chi connectivity index (χ0) is 12.5. The highest BCUT2D eigenvalue weighted by Gasteiger charge is 2.02. The van der Waals surface area contributed by atoms with Crippen LogP contribution >= 0.6 is 0 Å². The Labute approximate surface area is 103 Å². The van der Waals surface area contributed by atoms with E-state index in [0.717, 1.165) is 16.5 Å². The fraction of sp³-hybridized carbons (Fsp3) is 0. The molecule has 0 bridgehead atoms. The molecule has 0 saturated heterocycles. The van der Waals surface area contributed by atoms with Crippen molar-refractivity contribution in [1.29, 1.82) is 0 Å². The lowest BCUT2D eigenvalue weighted by atomic mass is 10.1. The molecule has 2 N–H and O–H groups in total.